The summed E-state index contributed by atoms with van der Waals surface area (Å²) in [6, 6.07) is 14.9. The van der Waals surface area contributed by atoms with Crippen molar-refractivity contribution in [1.82, 2.24) is 14.4 Å². The van der Waals surface area contributed by atoms with Gasteiger partial charge in [0.2, 0.25) is 0 Å². The molecule has 5 heteroatoms. The van der Waals surface area contributed by atoms with Crippen LogP contribution in [0.15, 0.2) is 67.1 Å². The number of halogens is 1. The molecule has 0 aliphatic carbocycles. The predicted molar refractivity (Wildman–Crippen MR) is 88.2 cm³/mol. The van der Waals surface area contributed by atoms with E-state index in [0.717, 1.165) is 11.1 Å². The molecule has 0 unspecified atom stereocenters. The number of nitrogen functional groups attached to an aromatic ring is 1. The first-order chi connectivity index (χ1) is 11.2. The molecule has 0 radical (unpaired) electrons. The zero-order valence-electron chi connectivity index (χ0n) is 12.1. The molecule has 0 bridgehead atoms. The molecule has 0 amide bonds. The van der Waals surface area contributed by atoms with Crippen molar-refractivity contribution in [1.29, 1.82) is 0 Å². The second-order valence-electron chi connectivity index (χ2n) is 5.26. The molecule has 0 atom stereocenters. The Bertz CT molecular complexity index is 993. The van der Waals surface area contributed by atoms with Crippen LogP contribution in [0.1, 0.15) is 0 Å². The topological polar surface area (TPSA) is 56.2 Å². The van der Waals surface area contributed by atoms with Gasteiger partial charge in [-0.05, 0) is 23.3 Å². The number of hydrogen-bond acceptors (Lipinski definition) is 3. The third kappa shape index (κ3) is 2.42. The van der Waals surface area contributed by atoms with Crippen LogP contribution < -0.4 is 5.73 Å². The first-order valence-electron chi connectivity index (χ1n) is 7.16. The lowest BCUT2D eigenvalue weighted by molar-refractivity contribution is 0.631. The first-order valence-corrected chi connectivity index (χ1v) is 7.16. The number of nitrogens with two attached hydrogens (primary N) is 1. The number of benzene rings is 2. The number of nitrogens with zero attached hydrogens (tertiary/aromatic N) is 3. The third-order valence-electron chi connectivity index (χ3n) is 3.71. The molecule has 2 aromatic carbocycles. The minimum absolute atomic E-state index is 0.314. The van der Waals surface area contributed by atoms with Crippen LogP contribution in [0.25, 0.3) is 28.0 Å². The van der Waals surface area contributed by atoms with Crippen LogP contribution in [0.3, 0.4) is 0 Å². The lowest BCUT2D eigenvalue weighted by Gasteiger charge is -2.07. The van der Waals surface area contributed by atoms with Crippen molar-refractivity contribution in [3.05, 3.63) is 72.9 Å². The zero-order chi connectivity index (χ0) is 15.8. The molecule has 0 fully saturated rings. The van der Waals surface area contributed by atoms with Crippen molar-refractivity contribution in [2.24, 2.45) is 0 Å². The van der Waals surface area contributed by atoms with Crippen LogP contribution >= 0.6 is 0 Å². The van der Waals surface area contributed by atoms with Gasteiger partial charge < -0.3 is 10.1 Å². The third-order valence-corrected chi connectivity index (χ3v) is 3.71. The maximum atomic E-state index is 14.5. The number of hydrogen-bond donors (Lipinski definition) is 1. The second-order valence-corrected chi connectivity index (χ2v) is 5.26. The Morgan fingerprint density at radius 3 is 2.57 bits per heavy atom. The molecule has 0 aliphatic rings. The fraction of sp³-hybridized carbons (Fsp3) is 0. The molecule has 0 aliphatic heterocycles. The van der Waals surface area contributed by atoms with Gasteiger partial charge in [0, 0.05) is 11.8 Å². The summed E-state index contributed by atoms with van der Waals surface area (Å²) in [5.41, 5.74) is 9.08. The average Bonchev–Trinajstić information content (AvgIpc) is 2.94. The highest BCUT2D eigenvalue weighted by Crippen LogP contribution is 2.27. The molecule has 0 saturated carbocycles. The highest BCUT2D eigenvalue weighted by atomic mass is 19.1. The molecule has 2 N–H and O–H groups in total. The molecule has 4 rings (SSSR count). The Hall–Kier alpha value is -3.21. The van der Waals surface area contributed by atoms with E-state index in [2.05, 4.69) is 9.97 Å². The van der Waals surface area contributed by atoms with Crippen LogP contribution in [-0.2, 0) is 0 Å². The van der Waals surface area contributed by atoms with Crippen molar-refractivity contribution in [2.45, 2.75) is 0 Å². The Morgan fingerprint density at radius 2 is 1.78 bits per heavy atom. The normalized spacial score (nSPS) is 11.0. The lowest BCUT2D eigenvalue weighted by Crippen LogP contribution is -1.93. The molecule has 4 aromatic rings. The van der Waals surface area contributed by atoms with E-state index in [4.69, 9.17) is 5.73 Å². The number of fused-ring (bicyclic) bond motifs is 1. The van der Waals surface area contributed by atoms with Crippen molar-refractivity contribution in [2.75, 3.05) is 5.73 Å². The molecule has 112 valence electrons. The minimum Gasteiger partial charge on any atom is -0.382 e. The fourth-order valence-electron chi connectivity index (χ4n) is 2.59. The number of anilines is 1. The number of imidazole rings is 1. The van der Waals surface area contributed by atoms with Crippen LogP contribution in [-0.4, -0.2) is 14.4 Å². The molecule has 2 heterocycles. The zero-order valence-corrected chi connectivity index (χ0v) is 12.1. The van der Waals surface area contributed by atoms with E-state index in [1.807, 2.05) is 36.4 Å². The first kappa shape index (κ1) is 13.5. The van der Waals surface area contributed by atoms with Gasteiger partial charge in [-0.2, -0.15) is 0 Å². The highest BCUT2D eigenvalue weighted by molar-refractivity contribution is 5.69. The monoisotopic (exact) mass is 304 g/mol. The van der Waals surface area contributed by atoms with Crippen molar-refractivity contribution in [3.63, 3.8) is 0 Å². The predicted octanol–water partition coefficient (Wildman–Crippen LogP) is 3.78. The van der Waals surface area contributed by atoms with E-state index in [1.54, 1.807) is 29.1 Å². The van der Waals surface area contributed by atoms with Crippen molar-refractivity contribution >= 4 is 11.5 Å². The lowest BCUT2D eigenvalue weighted by atomic mass is 10.0. The SMILES string of the molecule is Nc1cn2cc(-c3ccc(-c4ccccc4)cc3F)ncc2n1. The Morgan fingerprint density at radius 1 is 0.957 bits per heavy atom. The van der Waals surface area contributed by atoms with E-state index in [9.17, 15) is 4.39 Å². The van der Waals surface area contributed by atoms with Gasteiger partial charge >= 0.3 is 0 Å². The molecule has 2 aromatic heterocycles. The van der Waals surface area contributed by atoms with Gasteiger partial charge in [0.05, 0.1) is 18.1 Å². The van der Waals surface area contributed by atoms with Crippen molar-refractivity contribution in [3.8, 4) is 22.4 Å². The number of aromatic nitrogens is 3. The average molecular weight is 304 g/mol. The van der Waals surface area contributed by atoms with Gasteiger partial charge in [-0.15, -0.1) is 0 Å². The summed E-state index contributed by atoms with van der Waals surface area (Å²) in [5.74, 6) is 0.0927. The molecular weight excluding hydrogens is 291 g/mol. The quantitative estimate of drug-likeness (QED) is 0.613. The van der Waals surface area contributed by atoms with E-state index >= 15 is 0 Å². The standard InChI is InChI=1S/C18H13FN4/c19-15-8-13(12-4-2-1-3-5-12)6-7-14(15)16-10-23-11-17(20)22-18(23)9-21-16/h1-11H,20H2. The molecule has 0 saturated heterocycles. The highest BCUT2D eigenvalue weighted by Gasteiger charge is 2.10. The molecule has 0 spiro atoms. The van der Waals surface area contributed by atoms with Crippen LogP contribution in [0.2, 0.25) is 0 Å². The summed E-state index contributed by atoms with van der Waals surface area (Å²) in [7, 11) is 0. The summed E-state index contributed by atoms with van der Waals surface area (Å²) >= 11 is 0. The largest absolute Gasteiger partial charge is 0.382 e. The summed E-state index contributed by atoms with van der Waals surface area (Å²) in [6.45, 7) is 0. The summed E-state index contributed by atoms with van der Waals surface area (Å²) < 4.78 is 16.3. The summed E-state index contributed by atoms with van der Waals surface area (Å²) in [4.78, 5) is 8.38. The van der Waals surface area contributed by atoms with E-state index < -0.39 is 0 Å². The second kappa shape index (κ2) is 5.21. The smallest absolute Gasteiger partial charge is 0.157 e. The summed E-state index contributed by atoms with van der Waals surface area (Å²) in [5, 5.41) is 0. The molecule has 23 heavy (non-hydrogen) atoms. The Labute approximate surface area is 132 Å². The van der Waals surface area contributed by atoms with Gasteiger partial charge in [0.25, 0.3) is 0 Å². The van der Waals surface area contributed by atoms with Crippen LogP contribution in [0, 0.1) is 5.82 Å². The maximum absolute atomic E-state index is 14.5. The fourth-order valence-corrected chi connectivity index (χ4v) is 2.59. The van der Waals surface area contributed by atoms with Gasteiger partial charge in [0.15, 0.2) is 5.65 Å². The maximum Gasteiger partial charge on any atom is 0.157 e. The van der Waals surface area contributed by atoms with E-state index in [0.29, 0.717) is 22.7 Å². The van der Waals surface area contributed by atoms with Crippen molar-refractivity contribution < 1.29 is 4.39 Å². The van der Waals surface area contributed by atoms with Gasteiger partial charge in [-0.25, -0.2) is 9.37 Å². The van der Waals surface area contributed by atoms with E-state index in [1.165, 1.54) is 6.07 Å². The minimum atomic E-state index is -0.314. The summed E-state index contributed by atoms with van der Waals surface area (Å²) in [6.07, 6.45) is 4.98. The van der Waals surface area contributed by atoms with Gasteiger partial charge in [-0.3, -0.25) is 4.98 Å². The van der Waals surface area contributed by atoms with Crippen LogP contribution in [0.4, 0.5) is 10.2 Å². The van der Waals surface area contributed by atoms with Gasteiger partial charge in [-0.1, -0.05) is 36.4 Å². The van der Waals surface area contributed by atoms with Crippen LogP contribution in [0.5, 0.6) is 0 Å². The molecular formula is C18H13FN4. The van der Waals surface area contributed by atoms with Gasteiger partial charge in [0.1, 0.15) is 11.6 Å². The number of rotatable bonds is 2. The molecule has 4 nitrogen and oxygen atoms in total. The Balaban J connectivity index is 1.79. The Kier molecular flexibility index (Phi) is 3.05. The van der Waals surface area contributed by atoms with E-state index in [-0.39, 0.29) is 5.82 Å².